The minimum atomic E-state index is 0.0688. The van der Waals surface area contributed by atoms with E-state index in [1.807, 2.05) is 18.0 Å². The summed E-state index contributed by atoms with van der Waals surface area (Å²) in [5.74, 6) is 0. The summed E-state index contributed by atoms with van der Waals surface area (Å²) in [7, 11) is 0. The highest BCUT2D eigenvalue weighted by atomic mass is 16.2. The Hall–Kier alpha value is -0.990. The van der Waals surface area contributed by atoms with Gasteiger partial charge >= 0.3 is 6.03 Å². The molecule has 3 heteroatoms. The average Bonchev–Trinajstić information content (AvgIpc) is 2.35. The Morgan fingerprint density at radius 3 is 2.81 bits per heavy atom. The SMILES string of the molecule is CC/C(C)=C/NC(=O)N1CCCCC1CC. The Bertz CT molecular complexity index is 261. The lowest BCUT2D eigenvalue weighted by atomic mass is 10.0. The molecular weight excluding hydrogens is 200 g/mol. The Morgan fingerprint density at radius 1 is 1.44 bits per heavy atom. The van der Waals surface area contributed by atoms with E-state index in [0.29, 0.717) is 6.04 Å². The third-order valence-corrected chi connectivity index (χ3v) is 3.36. The van der Waals surface area contributed by atoms with E-state index >= 15 is 0 Å². The predicted molar refractivity (Wildman–Crippen MR) is 67.2 cm³/mol. The molecule has 16 heavy (non-hydrogen) atoms. The number of hydrogen-bond donors (Lipinski definition) is 1. The number of hydrogen-bond acceptors (Lipinski definition) is 1. The Kier molecular flexibility index (Phi) is 5.36. The summed E-state index contributed by atoms with van der Waals surface area (Å²) in [5, 5.41) is 2.89. The molecule has 0 spiro atoms. The zero-order chi connectivity index (χ0) is 12.0. The number of carbonyl (C=O) groups excluding carboxylic acids is 1. The molecule has 0 radical (unpaired) electrons. The van der Waals surface area contributed by atoms with E-state index in [4.69, 9.17) is 0 Å². The van der Waals surface area contributed by atoms with E-state index in [0.717, 1.165) is 32.2 Å². The Labute approximate surface area is 98.9 Å². The number of nitrogens with one attached hydrogen (secondary N) is 1. The Balaban J connectivity index is 2.51. The second-order valence-electron chi connectivity index (χ2n) is 4.54. The summed E-state index contributed by atoms with van der Waals surface area (Å²) in [6, 6.07) is 0.503. The highest BCUT2D eigenvalue weighted by molar-refractivity contribution is 5.75. The van der Waals surface area contributed by atoms with Crippen LogP contribution >= 0.6 is 0 Å². The smallest absolute Gasteiger partial charge is 0.321 e. The molecule has 0 aromatic rings. The lowest BCUT2D eigenvalue weighted by Crippen LogP contribution is -2.47. The molecule has 1 fully saturated rings. The van der Waals surface area contributed by atoms with Crippen LogP contribution in [0.25, 0.3) is 0 Å². The second-order valence-corrected chi connectivity index (χ2v) is 4.54. The molecule has 3 nitrogen and oxygen atoms in total. The van der Waals surface area contributed by atoms with Gasteiger partial charge in [0, 0.05) is 18.8 Å². The number of urea groups is 1. The minimum Gasteiger partial charge on any atom is -0.322 e. The van der Waals surface area contributed by atoms with Gasteiger partial charge in [0.25, 0.3) is 0 Å². The normalized spacial score (nSPS) is 22.1. The van der Waals surface area contributed by atoms with Crippen LogP contribution in [0.15, 0.2) is 11.8 Å². The molecule has 1 heterocycles. The van der Waals surface area contributed by atoms with Gasteiger partial charge in [0.1, 0.15) is 0 Å². The first kappa shape index (κ1) is 13.1. The van der Waals surface area contributed by atoms with Crippen LogP contribution in [0.2, 0.25) is 0 Å². The molecule has 2 amide bonds. The summed E-state index contributed by atoms with van der Waals surface area (Å²) in [6.45, 7) is 7.19. The van der Waals surface area contributed by atoms with Crippen LogP contribution in [0.3, 0.4) is 0 Å². The lowest BCUT2D eigenvalue weighted by Gasteiger charge is -2.34. The third-order valence-electron chi connectivity index (χ3n) is 3.36. The first-order valence-corrected chi connectivity index (χ1v) is 6.41. The summed E-state index contributed by atoms with van der Waals surface area (Å²) in [4.78, 5) is 13.9. The van der Waals surface area contributed by atoms with Crippen molar-refractivity contribution in [2.75, 3.05) is 6.54 Å². The van der Waals surface area contributed by atoms with Gasteiger partial charge in [-0.15, -0.1) is 0 Å². The molecule has 0 aliphatic carbocycles. The van der Waals surface area contributed by atoms with Crippen molar-refractivity contribution in [1.29, 1.82) is 0 Å². The zero-order valence-corrected chi connectivity index (χ0v) is 10.8. The molecule has 92 valence electrons. The average molecular weight is 224 g/mol. The van der Waals surface area contributed by atoms with Crippen LogP contribution in [0.5, 0.6) is 0 Å². The molecule has 1 aliphatic rings. The number of amides is 2. The van der Waals surface area contributed by atoms with Gasteiger partial charge in [-0.1, -0.05) is 19.4 Å². The fraction of sp³-hybridized carbons (Fsp3) is 0.769. The fourth-order valence-electron chi connectivity index (χ4n) is 2.06. The molecule has 1 saturated heterocycles. The molecule has 1 N–H and O–H groups in total. The second kappa shape index (κ2) is 6.56. The standard InChI is InChI=1S/C13H24N2O/c1-4-11(3)10-14-13(16)15-9-7-6-8-12(15)5-2/h10,12H,4-9H2,1-3H3,(H,14,16)/b11-10+. The van der Waals surface area contributed by atoms with Gasteiger partial charge < -0.3 is 10.2 Å². The van der Waals surface area contributed by atoms with Crippen molar-refractivity contribution in [2.45, 2.75) is 58.9 Å². The van der Waals surface area contributed by atoms with Gasteiger partial charge in [-0.2, -0.15) is 0 Å². The maximum absolute atomic E-state index is 12.0. The van der Waals surface area contributed by atoms with Crippen LogP contribution in [0, 0.1) is 0 Å². The van der Waals surface area contributed by atoms with Crippen molar-refractivity contribution in [3.63, 3.8) is 0 Å². The quantitative estimate of drug-likeness (QED) is 0.784. The van der Waals surface area contributed by atoms with E-state index in [9.17, 15) is 4.79 Å². The first-order valence-electron chi connectivity index (χ1n) is 6.41. The molecule has 0 aromatic heterocycles. The maximum Gasteiger partial charge on any atom is 0.321 e. The van der Waals surface area contributed by atoms with E-state index in [2.05, 4.69) is 19.2 Å². The van der Waals surface area contributed by atoms with E-state index < -0.39 is 0 Å². The monoisotopic (exact) mass is 224 g/mol. The number of nitrogens with zero attached hydrogens (tertiary/aromatic N) is 1. The van der Waals surface area contributed by atoms with Crippen molar-refractivity contribution >= 4 is 6.03 Å². The molecule has 1 aliphatic heterocycles. The molecular formula is C13H24N2O. The van der Waals surface area contributed by atoms with Crippen LogP contribution in [0.1, 0.15) is 52.9 Å². The number of rotatable bonds is 3. The van der Waals surface area contributed by atoms with Crippen LogP contribution < -0.4 is 5.32 Å². The minimum absolute atomic E-state index is 0.0688. The first-order chi connectivity index (χ1) is 7.69. The van der Waals surface area contributed by atoms with Crippen molar-refractivity contribution in [2.24, 2.45) is 0 Å². The largest absolute Gasteiger partial charge is 0.322 e. The Morgan fingerprint density at radius 2 is 2.19 bits per heavy atom. The molecule has 1 atom stereocenters. The van der Waals surface area contributed by atoms with Crippen LogP contribution in [0.4, 0.5) is 4.79 Å². The predicted octanol–water partition coefficient (Wildman–Crippen LogP) is 3.27. The third kappa shape index (κ3) is 3.54. The maximum atomic E-state index is 12.0. The number of allylic oxidation sites excluding steroid dienone is 1. The number of piperidine rings is 1. The van der Waals surface area contributed by atoms with Crippen molar-refractivity contribution < 1.29 is 4.79 Å². The van der Waals surface area contributed by atoms with Gasteiger partial charge in [-0.25, -0.2) is 4.79 Å². The molecule has 1 unspecified atom stereocenters. The fourth-order valence-corrected chi connectivity index (χ4v) is 2.06. The topological polar surface area (TPSA) is 32.3 Å². The van der Waals surface area contributed by atoms with Gasteiger partial charge in [0.05, 0.1) is 0 Å². The van der Waals surface area contributed by atoms with Crippen LogP contribution in [-0.2, 0) is 0 Å². The summed E-state index contributed by atoms with van der Waals surface area (Å²) in [5.41, 5.74) is 1.21. The van der Waals surface area contributed by atoms with Gasteiger partial charge in [-0.3, -0.25) is 0 Å². The van der Waals surface area contributed by atoms with E-state index in [-0.39, 0.29) is 6.03 Å². The number of carbonyl (C=O) groups is 1. The van der Waals surface area contributed by atoms with E-state index in [1.54, 1.807) is 0 Å². The van der Waals surface area contributed by atoms with Crippen LogP contribution in [-0.4, -0.2) is 23.5 Å². The molecule has 0 bridgehead atoms. The lowest BCUT2D eigenvalue weighted by molar-refractivity contribution is 0.152. The van der Waals surface area contributed by atoms with Crippen molar-refractivity contribution in [3.05, 3.63) is 11.8 Å². The number of likely N-dealkylation sites (tertiary alicyclic amines) is 1. The summed E-state index contributed by atoms with van der Waals surface area (Å²) >= 11 is 0. The molecule has 0 aromatic carbocycles. The van der Waals surface area contributed by atoms with Gasteiger partial charge in [-0.05, 0) is 39.0 Å². The molecule has 0 saturated carbocycles. The van der Waals surface area contributed by atoms with Gasteiger partial charge in [0.15, 0.2) is 0 Å². The van der Waals surface area contributed by atoms with Gasteiger partial charge in [0.2, 0.25) is 0 Å². The summed E-state index contributed by atoms with van der Waals surface area (Å²) < 4.78 is 0. The highest BCUT2D eigenvalue weighted by Crippen LogP contribution is 2.19. The summed E-state index contributed by atoms with van der Waals surface area (Å²) in [6.07, 6.45) is 7.43. The molecule has 1 rings (SSSR count). The van der Waals surface area contributed by atoms with E-state index in [1.165, 1.54) is 12.0 Å². The van der Waals surface area contributed by atoms with Crippen molar-refractivity contribution in [3.8, 4) is 0 Å². The highest BCUT2D eigenvalue weighted by Gasteiger charge is 2.24. The zero-order valence-electron chi connectivity index (χ0n) is 10.8. The van der Waals surface area contributed by atoms with Crippen molar-refractivity contribution in [1.82, 2.24) is 10.2 Å².